The predicted molar refractivity (Wildman–Crippen MR) is 62.3 cm³/mol. The van der Waals surface area contributed by atoms with E-state index in [2.05, 4.69) is 10.2 Å². The van der Waals surface area contributed by atoms with Gasteiger partial charge in [0.25, 0.3) is 0 Å². The second-order valence-corrected chi connectivity index (χ2v) is 6.58. The molecule has 0 saturated heterocycles. The molecule has 2 aromatic rings. The van der Waals surface area contributed by atoms with Gasteiger partial charge in [0.2, 0.25) is 11.8 Å². The number of nitrogens with two attached hydrogens (primary N) is 1. The van der Waals surface area contributed by atoms with Crippen LogP contribution in [0.15, 0.2) is 26.1 Å². The summed E-state index contributed by atoms with van der Waals surface area (Å²) in [6.45, 7) is 0.157. The Labute approximate surface area is 102 Å². The van der Waals surface area contributed by atoms with Crippen molar-refractivity contribution in [3.05, 3.63) is 29.3 Å². The van der Waals surface area contributed by atoms with Crippen LogP contribution >= 0.6 is 11.3 Å². The smallest absolute Gasteiger partial charge is 0.230 e. The fraction of sp³-hybridized carbons (Fsp3) is 0.333. The molecule has 0 saturated carbocycles. The Balaban J connectivity index is 2.03. The van der Waals surface area contributed by atoms with Gasteiger partial charge in [0.1, 0.15) is 4.21 Å². The minimum absolute atomic E-state index is 0.0419. The SMILES string of the molecule is NCc1nnc(CCS(=O)(=O)c2cccs2)o1. The number of hydrogen-bond acceptors (Lipinski definition) is 7. The molecule has 0 radical (unpaired) electrons. The molecule has 2 N–H and O–H groups in total. The lowest BCUT2D eigenvalue weighted by Crippen LogP contribution is -2.07. The summed E-state index contributed by atoms with van der Waals surface area (Å²) in [6, 6.07) is 3.29. The van der Waals surface area contributed by atoms with Crippen LogP contribution in [0, 0.1) is 0 Å². The lowest BCUT2D eigenvalue weighted by Gasteiger charge is -1.98. The minimum atomic E-state index is -3.25. The van der Waals surface area contributed by atoms with Gasteiger partial charge in [-0.25, -0.2) is 8.42 Å². The largest absolute Gasteiger partial charge is 0.424 e. The number of sulfone groups is 1. The van der Waals surface area contributed by atoms with Crippen molar-refractivity contribution in [2.24, 2.45) is 5.73 Å². The first-order chi connectivity index (χ1) is 8.12. The van der Waals surface area contributed by atoms with Crippen LogP contribution in [0.4, 0.5) is 0 Å². The third-order valence-electron chi connectivity index (χ3n) is 2.07. The van der Waals surface area contributed by atoms with E-state index in [4.69, 9.17) is 10.2 Å². The van der Waals surface area contributed by atoms with Crippen molar-refractivity contribution in [2.75, 3.05) is 5.75 Å². The molecule has 0 aliphatic carbocycles. The van der Waals surface area contributed by atoms with E-state index in [9.17, 15) is 8.42 Å². The average molecular weight is 273 g/mol. The molecule has 0 bridgehead atoms. The van der Waals surface area contributed by atoms with Crippen LogP contribution in [0.3, 0.4) is 0 Å². The summed E-state index contributed by atoms with van der Waals surface area (Å²) in [5.41, 5.74) is 5.31. The molecule has 0 spiro atoms. The van der Waals surface area contributed by atoms with E-state index in [0.717, 1.165) is 0 Å². The van der Waals surface area contributed by atoms with Gasteiger partial charge in [-0.3, -0.25) is 0 Å². The molecular formula is C9H11N3O3S2. The number of thiophene rings is 1. The Morgan fingerprint density at radius 1 is 1.35 bits per heavy atom. The lowest BCUT2D eigenvalue weighted by atomic mass is 10.5. The molecule has 2 rings (SSSR count). The third kappa shape index (κ3) is 2.90. The van der Waals surface area contributed by atoms with Gasteiger partial charge in [-0.2, -0.15) is 0 Å². The Morgan fingerprint density at radius 2 is 2.12 bits per heavy atom. The Hall–Kier alpha value is -1.25. The maximum Gasteiger partial charge on any atom is 0.230 e. The van der Waals surface area contributed by atoms with E-state index in [1.807, 2.05) is 0 Å². The quantitative estimate of drug-likeness (QED) is 0.856. The molecule has 6 nitrogen and oxygen atoms in total. The van der Waals surface area contributed by atoms with Gasteiger partial charge < -0.3 is 10.2 Å². The molecular weight excluding hydrogens is 262 g/mol. The number of aryl methyl sites for hydroxylation is 1. The normalized spacial score (nSPS) is 11.8. The highest BCUT2D eigenvalue weighted by Crippen LogP contribution is 2.18. The molecule has 0 unspecified atom stereocenters. The molecule has 2 aromatic heterocycles. The maximum absolute atomic E-state index is 11.8. The van der Waals surface area contributed by atoms with Crippen molar-refractivity contribution in [1.82, 2.24) is 10.2 Å². The molecule has 0 aliphatic heterocycles. The van der Waals surface area contributed by atoms with E-state index in [1.165, 1.54) is 11.3 Å². The Kier molecular flexibility index (Phi) is 3.55. The Morgan fingerprint density at radius 3 is 2.71 bits per heavy atom. The minimum Gasteiger partial charge on any atom is -0.424 e. The summed E-state index contributed by atoms with van der Waals surface area (Å²) < 4.78 is 29.2. The highest BCUT2D eigenvalue weighted by atomic mass is 32.2. The highest BCUT2D eigenvalue weighted by molar-refractivity contribution is 7.93. The van der Waals surface area contributed by atoms with Gasteiger partial charge in [-0.05, 0) is 11.4 Å². The molecule has 2 heterocycles. The zero-order valence-corrected chi connectivity index (χ0v) is 10.5. The molecule has 0 amide bonds. The number of hydrogen-bond donors (Lipinski definition) is 1. The third-order valence-corrected chi connectivity index (χ3v) is 5.27. The topological polar surface area (TPSA) is 99.1 Å². The first-order valence-electron chi connectivity index (χ1n) is 4.89. The molecule has 0 atom stereocenters. The molecule has 17 heavy (non-hydrogen) atoms. The van der Waals surface area contributed by atoms with Crippen LogP contribution in [-0.2, 0) is 22.8 Å². The summed E-state index contributed by atoms with van der Waals surface area (Å²) in [4.78, 5) is 0. The van der Waals surface area contributed by atoms with E-state index >= 15 is 0 Å². The summed E-state index contributed by atoms with van der Waals surface area (Å²) >= 11 is 1.20. The van der Waals surface area contributed by atoms with Crippen LogP contribution < -0.4 is 5.73 Å². The van der Waals surface area contributed by atoms with Gasteiger partial charge in [-0.15, -0.1) is 21.5 Å². The monoisotopic (exact) mass is 273 g/mol. The second kappa shape index (κ2) is 4.94. The predicted octanol–water partition coefficient (Wildman–Crippen LogP) is 0.606. The van der Waals surface area contributed by atoms with Crippen molar-refractivity contribution >= 4 is 21.2 Å². The lowest BCUT2D eigenvalue weighted by molar-refractivity contribution is 0.455. The summed E-state index contributed by atoms with van der Waals surface area (Å²) in [5, 5.41) is 9.11. The van der Waals surface area contributed by atoms with Gasteiger partial charge in [0.05, 0.1) is 12.3 Å². The fourth-order valence-electron chi connectivity index (χ4n) is 1.23. The standard InChI is InChI=1S/C9H11N3O3S2/c10-6-8-12-11-7(15-8)3-5-17(13,14)9-2-1-4-16-9/h1-2,4H,3,5-6,10H2. The summed E-state index contributed by atoms with van der Waals surface area (Å²) in [6.07, 6.45) is 0.202. The van der Waals surface area contributed by atoms with Crippen molar-refractivity contribution in [3.63, 3.8) is 0 Å². The summed E-state index contributed by atoms with van der Waals surface area (Å²) in [5.74, 6) is 0.568. The van der Waals surface area contributed by atoms with Gasteiger partial charge in [0.15, 0.2) is 9.84 Å². The van der Waals surface area contributed by atoms with E-state index in [1.54, 1.807) is 17.5 Å². The summed E-state index contributed by atoms with van der Waals surface area (Å²) in [7, 11) is -3.25. The van der Waals surface area contributed by atoms with Crippen LogP contribution in [0.5, 0.6) is 0 Å². The van der Waals surface area contributed by atoms with Gasteiger partial charge in [-0.1, -0.05) is 6.07 Å². The first-order valence-corrected chi connectivity index (χ1v) is 7.42. The van der Waals surface area contributed by atoms with Crippen molar-refractivity contribution in [3.8, 4) is 0 Å². The van der Waals surface area contributed by atoms with Crippen LogP contribution in [0.2, 0.25) is 0 Å². The van der Waals surface area contributed by atoms with E-state index in [0.29, 0.717) is 16.0 Å². The van der Waals surface area contributed by atoms with Crippen molar-refractivity contribution < 1.29 is 12.8 Å². The molecule has 8 heteroatoms. The maximum atomic E-state index is 11.8. The first kappa shape index (κ1) is 12.2. The van der Waals surface area contributed by atoms with Crippen molar-refractivity contribution in [2.45, 2.75) is 17.2 Å². The van der Waals surface area contributed by atoms with Crippen LogP contribution in [0.1, 0.15) is 11.8 Å². The Bertz CT molecular complexity index is 574. The number of nitrogens with zero attached hydrogens (tertiary/aromatic N) is 2. The van der Waals surface area contributed by atoms with Gasteiger partial charge in [0, 0.05) is 6.42 Å². The fourth-order valence-corrected chi connectivity index (χ4v) is 3.62. The average Bonchev–Trinajstić information content (AvgIpc) is 2.98. The molecule has 0 aromatic carbocycles. The van der Waals surface area contributed by atoms with Crippen LogP contribution in [-0.4, -0.2) is 24.4 Å². The molecule has 0 fully saturated rings. The van der Waals surface area contributed by atoms with Crippen molar-refractivity contribution in [1.29, 1.82) is 0 Å². The zero-order valence-electron chi connectivity index (χ0n) is 8.87. The zero-order chi connectivity index (χ0) is 12.3. The number of rotatable bonds is 5. The van der Waals surface area contributed by atoms with Gasteiger partial charge >= 0.3 is 0 Å². The van der Waals surface area contributed by atoms with E-state index < -0.39 is 9.84 Å². The van der Waals surface area contributed by atoms with Crippen LogP contribution in [0.25, 0.3) is 0 Å². The highest BCUT2D eigenvalue weighted by Gasteiger charge is 2.17. The molecule has 0 aliphatic rings. The number of aromatic nitrogens is 2. The van der Waals surface area contributed by atoms with E-state index in [-0.39, 0.29) is 18.7 Å². The second-order valence-electron chi connectivity index (χ2n) is 3.29. The molecule has 92 valence electrons.